The highest BCUT2D eigenvalue weighted by atomic mass is 19.4. The smallest absolute Gasteiger partial charge is 0.171 e. The summed E-state index contributed by atoms with van der Waals surface area (Å²) in [6.45, 7) is 0. The minimum Gasteiger partial charge on any atom is -0.171 e. The van der Waals surface area contributed by atoms with Gasteiger partial charge in [0.2, 0.25) is 0 Å². The quantitative estimate of drug-likeness (QED) is 0.352. The Labute approximate surface area is 112 Å². The molecule has 0 aromatic heterocycles. The summed E-state index contributed by atoms with van der Waals surface area (Å²) in [6.07, 6.45) is -4.74. The van der Waals surface area contributed by atoms with E-state index in [9.17, 15) is 26.3 Å². The van der Waals surface area contributed by atoms with Gasteiger partial charge in [-0.2, -0.15) is 26.3 Å². The van der Waals surface area contributed by atoms with Gasteiger partial charge in [-0.1, -0.05) is 12.2 Å². The van der Waals surface area contributed by atoms with Crippen LogP contribution in [0, 0.1) is 47.3 Å². The molecular weight excluding hydrogens is 282 g/mol. The maximum Gasteiger partial charge on any atom is 0.392 e. The van der Waals surface area contributed by atoms with E-state index in [0.29, 0.717) is 0 Å². The molecule has 0 spiro atoms. The van der Waals surface area contributed by atoms with Gasteiger partial charge >= 0.3 is 12.4 Å². The van der Waals surface area contributed by atoms with Gasteiger partial charge in [-0.15, -0.1) is 0 Å². The van der Waals surface area contributed by atoms with Crippen molar-refractivity contribution in [2.75, 3.05) is 0 Å². The summed E-state index contributed by atoms with van der Waals surface area (Å²) >= 11 is 0. The predicted molar refractivity (Wildman–Crippen MR) is 58.4 cm³/mol. The molecule has 4 rings (SSSR count). The third-order valence-corrected chi connectivity index (χ3v) is 6.18. The van der Waals surface area contributed by atoms with Gasteiger partial charge in [-0.05, 0) is 48.3 Å². The molecule has 20 heavy (non-hydrogen) atoms. The number of fused-ring (bicyclic) bond motifs is 9. The summed E-state index contributed by atoms with van der Waals surface area (Å²) in [6, 6.07) is 0. The fourth-order valence-electron chi connectivity index (χ4n) is 5.93. The van der Waals surface area contributed by atoms with Crippen LogP contribution in [0.15, 0.2) is 12.2 Å². The molecule has 0 aliphatic heterocycles. The molecule has 0 saturated heterocycles. The van der Waals surface area contributed by atoms with Crippen molar-refractivity contribution in [1.82, 2.24) is 0 Å². The van der Waals surface area contributed by atoms with Crippen LogP contribution in [0.25, 0.3) is 0 Å². The van der Waals surface area contributed by atoms with E-state index in [1.807, 2.05) is 12.2 Å². The zero-order valence-corrected chi connectivity index (χ0v) is 10.5. The van der Waals surface area contributed by atoms with E-state index in [2.05, 4.69) is 0 Å². The summed E-state index contributed by atoms with van der Waals surface area (Å²) in [5.74, 6) is -6.17. The summed E-state index contributed by atoms with van der Waals surface area (Å²) in [5.41, 5.74) is 0. The van der Waals surface area contributed by atoms with Crippen LogP contribution in [-0.2, 0) is 0 Å². The molecular formula is C14H14F6. The van der Waals surface area contributed by atoms with E-state index in [-0.39, 0.29) is 30.1 Å². The third-order valence-electron chi connectivity index (χ3n) is 6.18. The minimum absolute atomic E-state index is 0.0824. The molecule has 0 aromatic rings. The number of hydrogen-bond donors (Lipinski definition) is 0. The maximum absolute atomic E-state index is 13.2. The zero-order chi connectivity index (χ0) is 14.4. The first-order valence-electron chi connectivity index (χ1n) is 7.01. The zero-order valence-electron chi connectivity index (χ0n) is 10.5. The lowest BCUT2D eigenvalue weighted by molar-refractivity contribution is -0.275. The Morgan fingerprint density at radius 1 is 0.650 bits per heavy atom. The average molecular weight is 296 g/mol. The number of rotatable bonds is 0. The molecule has 0 N–H and O–H groups in total. The van der Waals surface area contributed by atoms with E-state index < -0.39 is 36.0 Å². The van der Waals surface area contributed by atoms with Crippen LogP contribution < -0.4 is 0 Å². The first kappa shape index (κ1) is 13.0. The molecule has 0 amide bonds. The van der Waals surface area contributed by atoms with E-state index in [1.54, 1.807) is 0 Å². The Morgan fingerprint density at radius 3 is 1.40 bits per heavy atom. The van der Waals surface area contributed by atoms with E-state index in [0.717, 1.165) is 6.42 Å². The Hall–Kier alpha value is -0.680. The fourth-order valence-corrected chi connectivity index (χ4v) is 5.93. The number of halogens is 6. The van der Waals surface area contributed by atoms with Gasteiger partial charge < -0.3 is 0 Å². The highest BCUT2D eigenvalue weighted by molar-refractivity contribution is 5.23. The van der Waals surface area contributed by atoms with Crippen molar-refractivity contribution >= 4 is 0 Å². The molecule has 3 saturated carbocycles. The lowest BCUT2D eigenvalue weighted by Gasteiger charge is -2.43. The van der Waals surface area contributed by atoms with Crippen molar-refractivity contribution in [2.45, 2.75) is 25.2 Å². The van der Waals surface area contributed by atoms with Crippen molar-refractivity contribution in [3.8, 4) is 0 Å². The van der Waals surface area contributed by atoms with Crippen LogP contribution in [0.3, 0.4) is 0 Å². The Bertz CT molecular complexity index is 421. The van der Waals surface area contributed by atoms with Gasteiger partial charge in [0.1, 0.15) is 0 Å². The summed E-state index contributed by atoms with van der Waals surface area (Å²) < 4.78 is 79.1. The highest BCUT2D eigenvalue weighted by Crippen LogP contribution is 2.72. The molecule has 3 fully saturated rings. The second-order valence-electron chi connectivity index (χ2n) is 6.80. The van der Waals surface area contributed by atoms with E-state index in [1.165, 1.54) is 0 Å². The van der Waals surface area contributed by atoms with Crippen molar-refractivity contribution < 1.29 is 26.3 Å². The summed E-state index contributed by atoms with van der Waals surface area (Å²) in [7, 11) is 0. The molecule has 4 aliphatic carbocycles. The lowest BCUT2D eigenvalue weighted by Crippen LogP contribution is -2.48. The summed E-state index contributed by atoms with van der Waals surface area (Å²) in [4.78, 5) is 0. The topological polar surface area (TPSA) is 0 Å². The van der Waals surface area contributed by atoms with Gasteiger partial charge in [0.05, 0.1) is 11.8 Å². The van der Waals surface area contributed by atoms with Gasteiger partial charge in [-0.3, -0.25) is 0 Å². The molecule has 6 heteroatoms. The largest absolute Gasteiger partial charge is 0.392 e. The van der Waals surface area contributed by atoms with Crippen LogP contribution in [0.4, 0.5) is 26.3 Å². The Morgan fingerprint density at radius 2 is 1.05 bits per heavy atom. The highest BCUT2D eigenvalue weighted by Gasteiger charge is 2.74. The average Bonchev–Trinajstić information content (AvgIpc) is 3.03. The van der Waals surface area contributed by atoms with Gasteiger partial charge in [0.25, 0.3) is 0 Å². The monoisotopic (exact) mass is 296 g/mol. The van der Waals surface area contributed by atoms with Crippen molar-refractivity contribution in [1.29, 1.82) is 0 Å². The SMILES string of the molecule is FC(F)(F)C1C2CC(C3C4C=CC(C4)C23)C1C(F)(F)F. The summed E-state index contributed by atoms with van der Waals surface area (Å²) in [5, 5.41) is 0. The van der Waals surface area contributed by atoms with Crippen molar-refractivity contribution in [2.24, 2.45) is 47.3 Å². The second-order valence-corrected chi connectivity index (χ2v) is 6.80. The molecule has 0 nitrogen and oxygen atoms in total. The molecule has 0 aromatic carbocycles. The van der Waals surface area contributed by atoms with Crippen LogP contribution in [-0.4, -0.2) is 12.4 Å². The Kier molecular flexibility index (Phi) is 2.31. The van der Waals surface area contributed by atoms with Crippen molar-refractivity contribution in [3.05, 3.63) is 12.2 Å². The van der Waals surface area contributed by atoms with Gasteiger partial charge in [-0.25, -0.2) is 0 Å². The standard InChI is InChI=1S/C14H14F6/c15-13(16,17)11-7-4-8(12(11)14(18,19)20)10-6-2-1-5(3-6)9(7)10/h1-2,5-12H,3-4H2. The molecule has 0 heterocycles. The third kappa shape index (κ3) is 1.45. The second kappa shape index (κ2) is 3.55. The normalized spacial score (nSPS) is 52.9. The van der Waals surface area contributed by atoms with Crippen LogP contribution in [0.5, 0.6) is 0 Å². The first-order chi connectivity index (χ1) is 9.19. The molecule has 4 aliphatic rings. The predicted octanol–water partition coefficient (Wildman–Crippen LogP) is 4.43. The number of alkyl halides is 6. The van der Waals surface area contributed by atoms with Crippen LogP contribution in [0.2, 0.25) is 0 Å². The van der Waals surface area contributed by atoms with Crippen LogP contribution in [0.1, 0.15) is 12.8 Å². The molecule has 112 valence electrons. The van der Waals surface area contributed by atoms with E-state index >= 15 is 0 Å². The lowest BCUT2D eigenvalue weighted by atomic mass is 9.64. The first-order valence-corrected chi connectivity index (χ1v) is 7.01. The minimum atomic E-state index is -4.74. The number of hydrogen-bond acceptors (Lipinski definition) is 0. The molecule has 8 atom stereocenters. The van der Waals surface area contributed by atoms with Gasteiger partial charge in [0.15, 0.2) is 0 Å². The molecule has 0 radical (unpaired) electrons. The van der Waals surface area contributed by atoms with Crippen molar-refractivity contribution in [3.63, 3.8) is 0 Å². The van der Waals surface area contributed by atoms with E-state index in [4.69, 9.17) is 0 Å². The molecule has 8 unspecified atom stereocenters. The van der Waals surface area contributed by atoms with Crippen LogP contribution >= 0.6 is 0 Å². The fraction of sp³-hybridized carbons (Fsp3) is 0.857. The van der Waals surface area contributed by atoms with Gasteiger partial charge in [0, 0.05) is 0 Å². The maximum atomic E-state index is 13.2. The Balaban J connectivity index is 1.76. The number of allylic oxidation sites excluding steroid dienone is 2. The molecule has 4 bridgehead atoms.